The third-order valence-electron chi connectivity index (χ3n) is 5.75. The molecule has 0 aromatic heterocycles. The smallest absolute Gasteiger partial charge is 0.339 e. The molecule has 1 atom stereocenters. The summed E-state index contributed by atoms with van der Waals surface area (Å²) in [7, 11) is 3.43. The third kappa shape index (κ3) is 14.7. The molecule has 0 fully saturated rings. The molecule has 0 radical (unpaired) electrons. The molecule has 33 heavy (non-hydrogen) atoms. The quantitative estimate of drug-likeness (QED) is 0.105. The minimum atomic E-state index is -1.89. The van der Waals surface area contributed by atoms with Crippen molar-refractivity contribution in [3.05, 3.63) is 0 Å². The molecule has 0 spiro atoms. The number of carbonyl (C=O) groups excluding carboxylic acids is 4. The van der Waals surface area contributed by atoms with Crippen LogP contribution < -0.4 is 0 Å². The van der Waals surface area contributed by atoms with Crippen LogP contribution in [0.1, 0.15) is 110 Å². The van der Waals surface area contributed by atoms with E-state index in [4.69, 9.17) is 9.47 Å². The summed E-state index contributed by atoms with van der Waals surface area (Å²) in [6, 6.07) is 0. The van der Waals surface area contributed by atoms with E-state index in [1.807, 2.05) is 0 Å². The van der Waals surface area contributed by atoms with Crippen LogP contribution in [-0.2, 0) is 38.1 Å². The maximum atomic E-state index is 12.2. The Morgan fingerprint density at radius 1 is 0.576 bits per heavy atom. The van der Waals surface area contributed by atoms with E-state index >= 15 is 0 Å². The van der Waals surface area contributed by atoms with Crippen LogP contribution >= 0.6 is 0 Å². The summed E-state index contributed by atoms with van der Waals surface area (Å²) in [6.45, 7) is 2.23. The molecular formula is C25H44O8. The number of ether oxygens (including phenoxy) is 4. The summed E-state index contributed by atoms with van der Waals surface area (Å²) in [5, 5.41) is 0. The predicted octanol–water partition coefficient (Wildman–Crippen LogP) is 5.05. The SMILES string of the molecule is CCCCCCCCCCCCCCCC(=O)OC(=O)CC(CC(=O)OC)(OC)C(=O)OC. The molecule has 0 aromatic carbocycles. The second-order valence-electron chi connectivity index (χ2n) is 8.46. The van der Waals surface area contributed by atoms with E-state index in [2.05, 4.69) is 16.4 Å². The first-order chi connectivity index (χ1) is 15.8. The van der Waals surface area contributed by atoms with E-state index in [0.29, 0.717) is 6.42 Å². The number of rotatable bonds is 20. The molecule has 0 bridgehead atoms. The lowest BCUT2D eigenvalue weighted by Gasteiger charge is -2.27. The third-order valence-corrected chi connectivity index (χ3v) is 5.75. The van der Waals surface area contributed by atoms with Gasteiger partial charge in [0.2, 0.25) is 0 Å². The topological polar surface area (TPSA) is 105 Å². The van der Waals surface area contributed by atoms with Gasteiger partial charge in [-0.3, -0.25) is 14.4 Å². The minimum Gasteiger partial charge on any atom is -0.469 e. The highest BCUT2D eigenvalue weighted by molar-refractivity contribution is 5.93. The van der Waals surface area contributed by atoms with Gasteiger partial charge in [0.25, 0.3) is 0 Å². The largest absolute Gasteiger partial charge is 0.469 e. The monoisotopic (exact) mass is 472 g/mol. The second kappa shape index (κ2) is 19.5. The maximum absolute atomic E-state index is 12.2. The average Bonchev–Trinajstić information content (AvgIpc) is 2.80. The summed E-state index contributed by atoms with van der Waals surface area (Å²) in [4.78, 5) is 47.9. The number of unbranched alkanes of at least 4 members (excludes halogenated alkanes) is 12. The first-order valence-electron chi connectivity index (χ1n) is 12.3. The molecule has 0 heterocycles. The Hall–Kier alpha value is -1.96. The highest BCUT2D eigenvalue weighted by Gasteiger charge is 2.45. The van der Waals surface area contributed by atoms with Crippen LogP contribution in [0.3, 0.4) is 0 Å². The standard InChI is InChI=1S/C25H44O8/c1-5-6-7-8-9-10-11-12-13-14-15-16-17-18-21(26)33-23(28)20-25(32-4,24(29)31-3)19-22(27)30-2/h5-20H2,1-4H3. The molecule has 0 amide bonds. The van der Waals surface area contributed by atoms with Gasteiger partial charge in [0.05, 0.1) is 27.1 Å². The second-order valence-corrected chi connectivity index (χ2v) is 8.46. The van der Waals surface area contributed by atoms with E-state index in [1.54, 1.807) is 0 Å². The van der Waals surface area contributed by atoms with Gasteiger partial charge in [-0.2, -0.15) is 0 Å². The minimum absolute atomic E-state index is 0.124. The van der Waals surface area contributed by atoms with Crippen molar-refractivity contribution < 1.29 is 38.1 Å². The van der Waals surface area contributed by atoms with Gasteiger partial charge in [-0.25, -0.2) is 4.79 Å². The molecular weight excluding hydrogens is 428 g/mol. The molecule has 0 rings (SSSR count). The summed E-state index contributed by atoms with van der Waals surface area (Å²) in [6.07, 6.45) is 14.5. The fourth-order valence-corrected chi connectivity index (χ4v) is 3.66. The average molecular weight is 473 g/mol. The summed E-state index contributed by atoms with van der Waals surface area (Å²) in [5.74, 6) is -3.29. The number of esters is 4. The molecule has 0 aliphatic rings. The molecule has 0 saturated carbocycles. The van der Waals surface area contributed by atoms with Crippen molar-refractivity contribution in [2.24, 2.45) is 0 Å². The van der Waals surface area contributed by atoms with Gasteiger partial charge in [0.15, 0.2) is 5.60 Å². The van der Waals surface area contributed by atoms with E-state index in [1.165, 1.54) is 64.9 Å². The lowest BCUT2D eigenvalue weighted by Crippen LogP contribution is -2.46. The molecule has 0 N–H and O–H groups in total. The van der Waals surface area contributed by atoms with Crippen molar-refractivity contribution in [3.8, 4) is 0 Å². The van der Waals surface area contributed by atoms with Gasteiger partial charge in [-0.1, -0.05) is 84.0 Å². The predicted molar refractivity (Wildman–Crippen MR) is 124 cm³/mol. The van der Waals surface area contributed by atoms with Crippen LogP contribution in [0.25, 0.3) is 0 Å². The van der Waals surface area contributed by atoms with Gasteiger partial charge >= 0.3 is 23.9 Å². The van der Waals surface area contributed by atoms with Gasteiger partial charge in [0, 0.05) is 13.5 Å². The fraction of sp³-hybridized carbons (Fsp3) is 0.840. The van der Waals surface area contributed by atoms with Gasteiger partial charge in [-0.15, -0.1) is 0 Å². The molecule has 8 heteroatoms. The Balaban J connectivity index is 4.04. The van der Waals surface area contributed by atoms with Crippen molar-refractivity contribution >= 4 is 23.9 Å². The normalized spacial score (nSPS) is 12.6. The van der Waals surface area contributed by atoms with E-state index in [0.717, 1.165) is 33.5 Å². The Labute approximate surface area is 199 Å². The number of hydrogen-bond donors (Lipinski definition) is 0. The zero-order valence-corrected chi connectivity index (χ0v) is 21.1. The Morgan fingerprint density at radius 2 is 1.03 bits per heavy atom. The summed E-state index contributed by atoms with van der Waals surface area (Å²) >= 11 is 0. The maximum Gasteiger partial charge on any atom is 0.339 e. The molecule has 0 saturated heterocycles. The van der Waals surface area contributed by atoms with Crippen LogP contribution in [0.4, 0.5) is 0 Å². The van der Waals surface area contributed by atoms with Crippen LogP contribution in [0.2, 0.25) is 0 Å². The Morgan fingerprint density at radius 3 is 1.45 bits per heavy atom. The molecule has 192 valence electrons. The lowest BCUT2D eigenvalue weighted by atomic mass is 9.95. The zero-order chi connectivity index (χ0) is 25.0. The molecule has 8 nitrogen and oxygen atoms in total. The van der Waals surface area contributed by atoms with Crippen LogP contribution in [0, 0.1) is 0 Å². The Bertz CT molecular complexity index is 575. The van der Waals surface area contributed by atoms with Crippen molar-refractivity contribution in [2.75, 3.05) is 21.3 Å². The number of carbonyl (C=O) groups is 4. The van der Waals surface area contributed by atoms with Gasteiger partial charge in [0.1, 0.15) is 0 Å². The van der Waals surface area contributed by atoms with Gasteiger partial charge in [-0.05, 0) is 6.42 Å². The van der Waals surface area contributed by atoms with Crippen LogP contribution in [0.5, 0.6) is 0 Å². The number of methoxy groups -OCH3 is 3. The number of hydrogen-bond acceptors (Lipinski definition) is 8. The van der Waals surface area contributed by atoms with Crippen molar-refractivity contribution in [1.29, 1.82) is 0 Å². The highest BCUT2D eigenvalue weighted by atomic mass is 16.6. The zero-order valence-electron chi connectivity index (χ0n) is 21.1. The summed E-state index contributed by atoms with van der Waals surface area (Å²) in [5.41, 5.74) is -1.89. The molecule has 0 aliphatic carbocycles. The van der Waals surface area contributed by atoms with Crippen LogP contribution in [-0.4, -0.2) is 50.8 Å². The van der Waals surface area contributed by atoms with E-state index < -0.39 is 42.3 Å². The highest BCUT2D eigenvalue weighted by Crippen LogP contribution is 2.24. The Kier molecular flexibility index (Phi) is 18.3. The molecule has 0 aromatic rings. The lowest BCUT2D eigenvalue weighted by molar-refractivity contribution is -0.180. The molecule has 0 aliphatic heterocycles. The first-order valence-corrected chi connectivity index (χ1v) is 12.3. The van der Waals surface area contributed by atoms with Crippen molar-refractivity contribution in [3.63, 3.8) is 0 Å². The van der Waals surface area contributed by atoms with Crippen LogP contribution in [0.15, 0.2) is 0 Å². The van der Waals surface area contributed by atoms with Crippen molar-refractivity contribution in [1.82, 2.24) is 0 Å². The molecule has 1 unspecified atom stereocenters. The van der Waals surface area contributed by atoms with Crippen molar-refractivity contribution in [2.45, 2.75) is 115 Å². The van der Waals surface area contributed by atoms with E-state index in [9.17, 15) is 19.2 Å². The summed E-state index contributed by atoms with van der Waals surface area (Å²) < 4.78 is 19.1. The first kappa shape index (κ1) is 31.0. The fourth-order valence-electron chi connectivity index (χ4n) is 3.66. The van der Waals surface area contributed by atoms with E-state index in [-0.39, 0.29) is 6.42 Å². The van der Waals surface area contributed by atoms with Gasteiger partial charge < -0.3 is 18.9 Å².